The number of hydrogen-bond donors (Lipinski definition) is 0. The first-order valence-corrected chi connectivity index (χ1v) is 5.28. The molecular weight excluding hydrogens is 200 g/mol. The van der Waals surface area contributed by atoms with Crippen LogP contribution < -0.4 is 0 Å². The van der Waals surface area contributed by atoms with Crippen molar-refractivity contribution in [3.8, 4) is 0 Å². The Bertz CT molecular complexity index is 608. The highest BCUT2D eigenvalue weighted by molar-refractivity contribution is 5.48. The third-order valence-corrected chi connectivity index (χ3v) is 2.68. The first-order chi connectivity index (χ1) is 7.83. The number of nitrogens with zero attached hydrogens (tertiary/aromatic N) is 2. The molecule has 0 aliphatic rings. The second-order valence-corrected chi connectivity index (χ2v) is 3.93. The minimum absolute atomic E-state index is 0.726. The maximum atomic E-state index is 5.33. The second-order valence-electron chi connectivity index (χ2n) is 3.93. The molecule has 3 aromatic heterocycles. The predicted octanol–water partition coefficient (Wildman–Crippen LogP) is 2.83. The first-order valence-electron chi connectivity index (χ1n) is 5.28. The molecule has 0 saturated carbocycles. The molecule has 3 nitrogen and oxygen atoms in total. The van der Waals surface area contributed by atoms with Gasteiger partial charge in [0, 0.05) is 6.20 Å². The monoisotopic (exact) mass is 212 g/mol. The van der Waals surface area contributed by atoms with Crippen LogP contribution in [0.5, 0.6) is 0 Å². The van der Waals surface area contributed by atoms with Gasteiger partial charge in [-0.2, -0.15) is 0 Å². The Morgan fingerprint density at radius 3 is 3.12 bits per heavy atom. The van der Waals surface area contributed by atoms with Crippen LogP contribution in [0.2, 0.25) is 0 Å². The highest BCUT2D eigenvalue weighted by atomic mass is 16.3. The topological polar surface area (TPSA) is 30.4 Å². The van der Waals surface area contributed by atoms with Gasteiger partial charge < -0.3 is 8.82 Å². The van der Waals surface area contributed by atoms with E-state index in [0.29, 0.717) is 0 Å². The van der Waals surface area contributed by atoms with Gasteiger partial charge in [-0.1, -0.05) is 0 Å². The molecule has 16 heavy (non-hydrogen) atoms. The molecule has 0 aromatic carbocycles. The van der Waals surface area contributed by atoms with Crippen molar-refractivity contribution >= 4 is 5.52 Å². The van der Waals surface area contributed by atoms with Gasteiger partial charge in [0.2, 0.25) is 0 Å². The number of pyridine rings is 1. The lowest BCUT2D eigenvalue weighted by Crippen LogP contribution is -1.95. The molecule has 0 amide bonds. The number of rotatable bonds is 2. The fourth-order valence-electron chi connectivity index (χ4n) is 1.87. The smallest absolute Gasteiger partial charge is 0.120 e. The summed E-state index contributed by atoms with van der Waals surface area (Å²) in [6.07, 6.45) is 6.36. The summed E-state index contributed by atoms with van der Waals surface area (Å²) in [6, 6.07) is 8.07. The molecule has 0 atom stereocenters. The van der Waals surface area contributed by atoms with Crippen molar-refractivity contribution in [2.45, 2.75) is 13.3 Å². The summed E-state index contributed by atoms with van der Waals surface area (Å²) in [5, 5.41) is 0. The molecule has 0 radical (unpaired) electrons. The van der Waals surface area contributed by atoms with Gasteiger partial charge in [-0.05, 0) is 36.8 Å². The summed E-state index contributed by atoms with van der Waals surface area (Å²) in [6.45, 7) is 2.08. The average Bonchev–Trinajstić information content (AvgIpc) is 2.89. The average molecular weight is 212 g/mol. The van der Waals surface area contributed by atoms with Crippen LogP contribution in [0.25, 0.3) is 5.52 Å². The number of aryl methyl sites for hydroxylation is 1. The minimum Gasteiger partial charge on any atom is -0.469 e. The second kappa shape index (κ2) is 3.52. The van der Waals surface area contributed by atoms with E-state index in [1.54, 1.807) is 6.26 Å². The van der Waals surface area contributed by atoms with Crippen LogP contribution in [-0.4, -0.2) is 9.38 Å². The van der Waals surface area contributed by atoms with E-state index >= 15 is 0 Å². The maximum Gasteiger partial charge on any atom is 0.120 e. The molecule has 0 aliphatic carbocycles. The summed E-state index contributed by atoms with van der Waals surface area (Å²) in [5.74, 6) is 1.94. The van der Waals surface area contributed by atoms with Gasteiger partial charge in [-0.3, -0.25) is 0 Å². The van der Waals surface area contributed by atoms with Crippen molar-refractivity contribution in [3.63, 3.8) is 0 Å². The standard InChI is InChI=1S/C13H12N2O/c1-10-4-5-15-11(7-10)9-14-13(15)8-12-3-2-6-16-12/h2-7,9H,8H2,1H3. The van der Waals surface area contributed by atoms with E-state index in [0.717, 1.165) is 23.5 Å². The number of furan rings is 1. The van der Waals surface area contributed by atoms with E-state index in [1.165, 1.54) is 5.56 Å². The van der Waals surface area contributed by atoms with Gasteiger partial charge in [-0.25, -0.2) is 4.98 Å². The van der Waals surface area contributed by atoms with E-state index < -0.39 is 0 Å². The van der Waals surface area contributed by atoms with Crippen molar-refractivity contribution < 1.29 is 4.42 Å². The largest absolute Gasteiger partial charge is 0.469 e. The number of hydrogen-bond acceptors (Lipinski definition) is 2. The Labute approximate surface area is 93.4 Å². The first kappa shape index (κ1) is 9.21. The van der Waals surface area contributed by atoms with Gasteiger partial charge in [0.25, 0.3) is 0 Å². The lowest BCUT2D eigenvalue weighted by molar-refractivity contribution is 0.516. The van der Waals surface area contributed by atoms with Crippen molar-refractivity contribution in [2.24, 2.45) is 0 Å². The summed E-state index contributed by atoms with van der Waals surface area (Å²) < 4.78 is 7.42. The quantitative estimate of drug-likeness (QED) is 0.654. The van der Waals surface area contributed by atoms with Gasteiger partial charge in [0.15, 0.2) is 0 Å². The molecule has 0 fully saturated rings. The molecule has 0 N–H and O–H groups in total. The van der Waals surface area contributed by atoms with Crippen LogP contribution >= 0.6 is 0 Å². The number of aromatic nitrogens is 2. The van der Waals surface area contributed by atoms with Crippen LogP contribution in [0.3, 0.4) is 0 Å². The molecule has 0 bridgehead atoms. The lowest BCUT2D eigenvalue weighted by Gasteiger charge is -2.00. The zero-order valence-electron chi connectivity index (χ0n) is 9.05. The Morgan fingerprint density at radius 1 is 1.38 bits per heavy atom. The zero-order valence-corrected chi connectivity index (χ0v) is 9.05. The van der Waals surface area contributed by atoms with Crippen LogP contribution in [0.15, 0.2) is 47.3 Å². The molecule has 0 aliphatic heterocycles. The Kier molecular flexibility index (Phi) is 2.03. The molecule has 0 spiro atoms. The normalized spacial score (nSPS) is 11.1. The number of imidazole rings is 1. The molecule has 3 aromatic rings. The van der Waals surface area contributed by atoms with Crippen molar-refractivity contribution in [1.29, 1.82) is 0 Å². The maximum absolute atomic E-state index is 5.33. The molecule has 3 heterocycles. The van der Waals surface area contributed by atoms with Crippen LogP contribution in [0.1, 0.15) is 17.1 Å². The lowest BCUT2D eigenvalue weighted by atomic mass is 10.3. The van der Waals surface area contributed by atoms with Gasteiger partial charge in [0.1, 0.15) is 11.6 Å². The third-order valence-electron chi connectivity index (χ3n) is 2.68. The van der Waals surface area contributed by atoms with E-state index in [4.69, 9.17) is 4.42 Å². The third kappa shape index (κ3) is 1.50. The predicted molar refractivity (Wildman–Crippen MR) is 61.4 cm³/mol. The van der Waals surface area contributed by atoms with Crippen molar-refractivity contribution in [3.05, 3.63) is 60.1 Å². The molecular formula is C13H12N2O. The molecule has 0 saturated heterocycles. The van der Waals surface area contributed by atoms with Gasteiger partial charge in [-0.15, -0.1) is 0 Å². The number of fused-ring (bicyclic) bond motifs is 1. The van der Waals surface area contributed by atoms with Gasteiger partial charge in [0.05, 0.1) is 24.4 Å². The Balaban J connectivity index is 2.04. The molecule has 80 valence electrons. The van der Waals surface area contributed by atoms with Crippen molar-refractivity contribution in [2.75, 3.05) is 0 Å². The fraction of sp³-hybridized carbons (Fsp3) is 0.154. The summed E-state index contributed by atoms with van der Waals surface area (Å²) in [4.78, 5) is 4.41. The summed E-state index contributed by atoms with van der Waals surface area (Å²) in [5.41, 5.74) is 2.37. The SMILES string of the molecule is Cc1ccn2c(Cc3ccco3)ncc2c1. The van der Waals surface area contributed by atoms with E-state index in [9.17, 15) is 0 Å². The van der Waals surface area contributed by atoms with Gasteiger partial charge >= 0.3 is 0 Å². The Morgan fingerprint density at radius 2 is 2.31 bits per heavy atom. The van der Waals surface area contributed by atoms with E-state index in [1.807, 2.05) is 18.3 Å². The molecule has 3 rings (SSSR count). The van der Waals surface area contributed by atoms with E-state index in [2.05, 4.69) is 34.6 Å². The highest BCUT2D eigenvalue weighted by Gasteiger charge is 2.05. The Hall–Kier alpha value is -2.03. The fourth-order valence-corrected chi connectivity index (χ4v) is 1.87. The van der Waals surface area contributed by atoms with Crippen LogP contribution in [0, 0.1) is 6.92 Å². The molecule has 3 heteroatoms. The minimum atomic E-state index is 0.726. The van der Waals surface area contributed by atoms with E-state index in [-0.39, 0.29) is 0 Å². The van der Waals surface area contributed by atoms with Crippen LogP contribution in [0.4, 0.5) is 0 Å². The summed E-state index contributed by atoms with van der Waals surface area (Å²) in [7, 11) is 0. The highest BCUT2D eigenvalue weighted by Crippen LogP contribution is 2.13. The zero-order chi connectivity index (χ0) is 11.0. The van der Waals surface area contributed by atoms with Crippen LogP contribution in [-0.2, 0) is 6.42 Å². The molecule has 0 unspecified atom stereocenters. The summed E-state index contributed by atoms with van der Waals surface area (Å²) >= 11 is 0. The van der Waals surface area contributed by atoms with Crippen molar-refractivity contribution in [1.82, 2.24) is 9.38 Å².